The Morgan fingerprint density at radius 1 is 1.32 bits per heavy atom. The van der Waals surface area contributed by atoms with Gasteiger partial charge in [0.1, 0.15) is 0 Å². The van der Waals surface area contributed by atoms with E-state index in [1.807, 2.05) is 6.07 Å². The van der Waals surface area contributed by atoms with Crippen LogP contribution in [0.5, 0.6) is 0 Å². The molecule has 4 unspecified atom stereocenters. The summed E-state index contributed by atoms with van der Waals surface area (Å²) in [6.07, 6.45) is 3.15. The lowest BCUT2D eigenvalue weighted by molar-refractivity contribution is 0.153. The van der Waals surface area contributed by atoms with E-state index in [0.29, 0.717) is 23.0 Å². The van der Waals surface area contributed by atoms with Gasteiger partial charge in [-0.25, -0.2) is 13.1 Å². The predicted octanol–water partition coefficient (Wildman–Crippen LogP) is 1.38. The van der Waals surface area contributed by atoms with Crippen LogP contribution in [0.2, 0.25) is 0 Å². The highest BCUT2D eigenvalue weighted by molar-refractivity contribution is 7.88. The molecule has 2 bridgehead atoms. The van der Waals surface area contributed by atoms with Crippen molar-refractivity contribution in [2.45, 2.75) is 31.1 Å². The summed E-state index contributed by atoms with van der Waals surface area (Å²) in [6, 6.07) is 8.53. The Morgan fingerprint density at radius 3 is 2.82 bits per heavy atom. The van der Waals surface area contributed by atoms with Crippen LogP contribution < -0.4 is 4.72 Å². The summed E-state index contributed by atoms with van der Waals surface area (Å²) in [6.45, 7) is 0.0400. The number of sulfonamides is 1. The zero-order valence-electron chi connectivity index (χ0n) is 12.3. The molecule has 4 atom stereocenters. The van der Waals surface area contributed by atoms with Crippen molar-refractivity contribution in [2.75, 3.05) is 6.61 Å². The molecule has 0 aliphatic heterocycles. The van der Waals surface area contributed by atoms with Gasteiger partial charge in [0.05, 0.1) is 17.4 Å². The Kier molecular flexibility index (Phi) is 4.22. The van der Waals surface area contributed by atoms with Crippen LogP contribution in [-0.4, -0.2) is 26.2 Å². The number of nitriles is 1. The second-order valence-corrected chi connectivity index (χ2v) is 8.15. The Morgan fingerprint density at radius 2 is 2.09 bits per heavy atom. The van der Waals surface area contributed by atoms with E-state index < -0.39 is 10.0 Å². The molecule has 118 valence electrons. The first-order chi connectivity index (χ1) is 10.5. The van der Waals surface area contributed by atoms with Gasteiger partial charge >= 0.3 is 0 Å². The van der Waals surface area contributed by atoms with E-state index in [0.717, 1.165) is 19.3 Å². The van der Waals surface area contributed by atoms with Crippen molar-refractivity contribution in [1.29, 1.82) is 5.26 Å². The molecule has 0 spiro atoms. The van der Waals surface area contributed by atoms with E-state index in [1.54, 1.807) is 24.3 Å². The predicted molar refractivity (Wildman–Crippen MR) is 82.1 cm³/mol. The van der Waals surface area contributed by atoms with Crippen molar-refractivity contribution >= 4 is 10.0 Å². The zero-order chi connectivity index (χ0) is 15.7. The summed E-state index contributed by atoms with van der Waals surface area (Å²) in [5.74, 6) is 0.708. The van der Waals surface area contributed by atoms with Gasteiger partial charge in [0.25, 0.3) is 0 Å². The smallest absolute Gasteiger partial charge is 0.216 e. The van der Waals surface area contributed by atoms with Gasteiger partial charge in [0.2, 0.25) is 10.0 Å². The third-order valence-corrected chi connectivity index (χ3v) is 6.37. The van der Waals surface area contributed by atoms with Gasteiger partial charge in [0, 0.05) is 18.6 Å². The quantitative estimate of drug-likeness (QED) is 0.857. The summed E-state index contributed by atoms with van der Waals surface area (Å²) in [5, 5.41) is 18.4. The summed E-state index contributed by atoms with van der Waals surface area (Å²) in [4.78, 5) is 0. The van der Waals surface area contributed by atoms with Crippen molar-refractivity contribution in [3.63, 3.8) is 0 Å². The first-order valence-electron chi connectivity index (χ1n) is 7.62. The molecule has 2 N–H and O–H groups in total. The minimum absolute atomic E-state index is 0.0400. The van der Waals surface area contributed by atoms with E-state index in [9.17, 15) is 13.5 Å². The molecule has 1 aromatic rings. The summed E-state index contributed by atoms with van der Waals surface area (Å²) < 4.78 is 27.6. The van der Waals surface area contributed by atoms with E-state index in [2.05, 4.69) is 4.72 Å². The number of hydrogen-bond acceptors (Lipinski definition) is 4. The van der Waals surface area contributed by atoms with Gasteiger partial charge in [-0.05, 0) is 48.8 Å². The van der Waals surface area contributed by atoms with Gasteiger partial charge in [-0.15, -0.1) is 0 Å². The monoisotopic (exact) mass is 320 g/mol. The molecule has 0 radical (unpaired) electrons. The SMILES string of the molecule is N#Cc1cccc(CS(=O)(=O)NC2C3CCC(C3)C2CO)c1. The maximum absolute atomic E-state index is 12.4. The number of hydrogen-bond donors (Lipinski definition) is 2. The van der Waals surface area contributed by atoms with E-state index in [4.69, 9.17) is 5.26 Å². The molecule has 5 nitrogen and oxygen atoms in total. The first kappa shape index (κ1) is 15.5. The molecule has 22 heavy (non-hydrogen) atoms. The molecule has 0 amide bonds. The average Bonchev–Trinajstić information content (AvgIpc) is 3.07. The van der Waals surface area contributed by atoms with Crippen LogP contribution in [0.25, 0.3) is 0 Å². The lowest BCUT2D eigenvalue weighted by atomic mass is 9.86. The molecule has 2 aliphatic rings. The molecule has 0 heterocycles. The normalized spacial score (nSPS) is 30.4. The minimum atomic E-state index is -3.48. The van der Waals surface area contributed by atoms with Crippen molar-refractivity contribution < 1.29 is 13.5 Å². The standard InChI is InChI=1S/C16H20N2O3S/c17-8-11-2-1-3-12(6-11)10-22(20,21)18-16-14-5-4-13(7-14)15(16)9-19/h1-3,6,13-16,18-19H,4-5,7,9-10H2. The average molecular weight is 320 g/mol. The van der Waals surface area contributed by atoms with Crippen LogP contribution in [0.15, 0.2) is 24.3 Å². The number of nitrogens with one attached hydrogen (secondary N) is 1. The highest BCUT2D eigenvalue weighted by Gasteiger charge is 2.48. The number of nitrogens with zero attached hydrogens (tertiary/aromatic N) is 1. The van der Waals surface area contributed by atoms with Gasteiger partial charge in [-0.2, -0.15) is 5.26 Å². The molecule has 2 fully saturated rings. The lowest BCUT2D eigenvalue weighted by Crippen LogP contribution is -2.45. The number of aliphatic hydroxyl groups is 1. The first-order valence-corrected chi connectivity index (χ1v) is 9.27. The maximum atomic E-state index is 12.4. The maximum Gasteiger partial charge on any atom is 0.216 e. The van der Waals surface area contributed by atoms with Gasteiger partial charge in [0.15, 0.2) is 0 Å². The summed E-state index contributed by atoms with van der Waals surface area (Å²) in [7, 11) is -3.48. The largest absolute Gasteiger partial charge is 0.396 e. The Labute approximate surface area is 131 Å². The van der Waals surface area contributed by atoms with Crippen LogP contribution in [0, 0.1) is 29.1 Å². The second-order valence-electron chi connectivity index (χ2n) is 6.39. The fourth-order valence-corrected chi connectivity index (χ4v) is 5.54. The molecule has 0 saturated heterocycles. The van der Waals surface area contributed by atoms with E-state index >= 15 is 0 Å². The van der Waals surface area contributed by atoms with Crippen LogP contribution in [-0.2, 0) is 15.8 Å². The van der Waals surface area contributed by atoms with Crippen LogP contribution in [0.4, 0.5) is 0 Å². The minimum Gasteiger partial charge on any atom is -0.396 e. The summed E-state index contributed by atoms with van der Waals surface area (Å²) >= 11 is 0. The third-order valence-electron chi connectivity index (χ3n) is 5.03. The van der Waals surface area contributed by atoms with Gasteiger partial charge in [-0.3, -0.25) is 0 Å². The fourth-order valence-electron chi connectivity index (χ4n) is 4.06. The van der Waals surface area contributed by atoms with Crippen molar-refractivity contribution in [2.24, 2.45) is 17.8 Å². The Hall–Kier alpha value is -1.42. The van der Waals surface area contributed by atoms with E-state index in [-0.39, 0.29) is 24.3 Å². The number of fused-ring (bicyclic) bond motifs is 2. The molecule has 3 rings (SSSR count). The highest BCUT2D eigenvalue weighted by Crippen LogP contribution is 2.48. The molecule has 2 aliphatic carbocycles. The van der Waals surface area contributed by atoms with Crippen LogP contribution in [0.3, 0.4) is 0 Å². The fraction of sp³-hybridized carbons (Fsp3) is 0.562. The van der Waals surface area contributed by atoms with E-state index in [1.165, 1.54) is 0 Å². The zero-order valence-corrected chi connectivity index (χ0v) is 13.1. The van der Waals surface area contributed by atoms with Crippen LogP contribution >= 0.6 is 0 Å². The molecule has 6 heteroatoms. The Balaban J connectivity index is 1.72. The second kappa shape index (κ2) is 5.99. The number of rotatable bonds is 5. The third kappa shape index (κ3) is 3.02. The molecule has 2 saturated carbocycles. The van der Waals surface area contributed by atoms with Crippen LogP contribution in [0.1, 0.15) is 30.4 Å². The Bertz CT molecular complexity index is 696. The topological polar surface area (TPSA) is 90.2 Å². The molecular formula is C16H20N2O3S. The molecular weight excluding hydrogens is 300 g/mol. The number of benzene rings is 1. The van der Waals surface area contributed by atoms with Crippen molar-refractivity contribution in [1.82, 2.24) is 4.72 Å². The van der Waals surface area contributed by atoms with Gasteiger partial charge < -0.3 is 5.11 Å². The highest BCUT2D eigenvalue weighted by atomic mass is 32.2. The van der Waals surface area contributed by atoms with Gasteiger partial charge in [-0.1, -0.05) is 12.1 Å². The summed E-state index contributed by atoms with van der Waals surface area (Å²) in [5.41, 5.74) is 1.07. The number of aliphatic hydroxyl groups excluding tert-OH is 1. The van der Waals surface area contributed by atoms with Crippen molar-refractivity contribution in [3.8, 4) is 6.07 Å². The molecule has 0 aromatic heterocycles. The lowest BCUT2D eigenvalue weighted by Gasteiger charge is -2.30. The molecule has 1 aromatic carbocycles. The van der Waals surface area contributed by atoms with Crippen molar-refractivity contribution in [3.05, 3.63) is 35.4 Å².